The lowest BCUT2D eigenvalue weighted by Crippen LogP contribution is -2.20. The number of anilines is 2. The van der Waals surface area contributed by atoms with E-state index >= 15 is 0 Å². The second-order valence-electron chi connectivity index (χ2n) is 4.39. The Labute approximate surface area is 90.5 Å². The largest absolute Gasteiger partial charge is 0.370 e. The first-order valence-corrected chi connectivity index (χ1v) is 5.07. The van der Waals surface area contributed by atoms with Gasteiger partial charge in [0.2, 0.25) is 0 Å². The Morgan fingerprint density at radius 1 is 1.27 bits per heavy atom. The molecule has 0 saturated heterocycles. The lowest BCUT2D eigenvalue weighted by atomic mass is 9.96. The summed E-state index contributed by atoms with van der Waals surface area (Å²) in [6.45, 7) is 9.05. The predicted octanol–water partition coefficient (Wildman–Crippen LogP) is 1.49. The second-order valence-corrected chi connectivity index (χ2v) is 4.39. The molecule has 1 aromatic rings. The molecule has 0 aliphatic rings. The van der Waals surface area contributed by atoms with E-state index in [-0.39, 0.29) is 5.41 Å². The number of rotatable bonds is 3. The van der Waals surface area contributed by atoms with Crippen LogP contribution in [0.15, 0.2) is 6.07 Å². The van der Waals surface area contributed by atoms with Crippen LogP contribution in [0.3, 0.4) is 0 Å². The number of nitrogens with one attached hydrogen (secondary N) is 2. The van der Waals surface area contributed by atoms with Crippen LogP contribution in [0.2, 0.25) is 0 Å². The fourth-order valence-corrected chi connectivity index (χ4v) is 1.13. The summed E-state index contributed by atoms with van der Waals surface area (Å²) in [5.74, 6) is 7.56. The summed E-state index contributed by atoms with van der Waals surface area (Å²) in [4.78, 5) is 8.74. The van der Waals surface area contributed by atoms with E-state index in [2.05, 4.69) is 41.5 Å². The van der Waals surface area contributed by atoms with Crippen LogP contribution >= 0.6 is 0 Å². The SMILES string of the molecule is CCNc1cc(NN)nc(C(C)(C)C)n1. The summed E-state index contributed by atoms with van der Waals surface area (Å²) in [6, 6.07) is 1.79. The van der Waals surface area contributed by atoms with Crippen LogP contribution in [0.4, 0.5) is 11.6 Å². The molecule has 1 rings (SSSR count). The summed E-state index contributed by atoms with van der Waals surface area (Å²) in [5.41, 5.74) is 2.46. The van der Waals surface area contributed by atoms with Gasteiger partial charge in [-0.15, -0.1) is 0 Å². The van der Waals surface area contributed by atoms with Crippen molar-refractivity contribution in [3.05, 3.63) is 11.9 Å². The first-order chi connectivity index (χ1) is 6.97. The van der Waals surface area contributed by atoms with E-state index in [1.54, 1.807) is 6.07 Å². The highest BCUT2D eigenvalue weighted by Crippen LogP contribution is 2.21. The molecule has 1 heterocycles. The molecule has 0 fully saturated rings. The van der Waals surface area contributed by atoms with E-state index in [4.69, 9.17) is 5.84 Å². The van der Waals surface area contributed by atoms with Crippen LogP contribution in [0.1, 0.15) is 33.5 Å². The summed E-state index contributed by atoms with van der Waals surface area (Å²) >= 11 is 0. The molecule has 4 N–H and O–H groups in total. The third-order valence-corrected chi connectivity index (χ3v) is 1.90. The van der Waals surface area contributed by atoms with Gasteiger partial charge in [0.15, 0.2) is 0 Å². The predicted molar refractivity (Wildman–Crippen MR) is 62.7 cm³/mol. The van der Waals surface area contributed by atoms with E-state index in [9.17, 15) is 0 Å². The summed E-state index contributed by atoms with van der Waals surface area (Å²) in [5, 5.41) is 3.15. The standard InChI is InChI=1S/C10H19N5/c1-5-12-7-6-8(15-11)14-9(13-7)10(2,3)4/h6H,5,11H2,1-4H3,(H2,12,13,14,15). The van der Waals surface area contributed by atoms with Gasteiger partial charge in [0.1, 0.15) is 17.5 Å². The smallest absolute Gasteiger partial charge is 0.145 e. The second kappa shape index (κ2) is 4.44. The number of nitrogens with two attached hydrogens (primary N) is 1. The third-order valence-electron chi connectivity index (χ3n) is 1.90. The Morgan fingerprint density at radius 3 is 2.33 bits per heavy atom. The molecule has 1 aromatic heterocycles. The fourth-order valence-electron chi connectivity index (χ4n) is 1.13. The Bertz CT molecular complexity index is 329. The fraction of sp³-hybridized carbons (Fsp3) is 0.600. The van der Waals surface area contributed by atoms with Crippen molar-refractivity contribution in [2.24, 2.45) is 5.84 Å². The summed E-state index contributed by atoms with van der Waals surface area (Å²) in [6.07, 6.45) is 0. The Hall–Kier alpha value is -1.36. The molecule has 0 bridgehead atoms. The number of hydrogen-bond donors (Lipinski definition) is 3. The van der Waals surface area contributed by atoms with Crippen molar-refractivity contribution in [1.82, 2.24) is 9.97 Å². The van der Waals surface area contributed by atoms with Crippen molar-refractivity contribution in [2.45, 2.75) is 33.1 Å². The van der Waals surface area contributed by atoms with Gasteiger partial charge in [0.05, 0.1) is 0 Å². The zero-order chi connectivity index (χ0) is 11.5. The van der Waals surface area contributed by atoms with Crippen LogP contribution < -0.4 is 16.6 Å². The molecule has 0 unspecified atom stereocenters. The van der Waals surface area contributed by atoms with Crippen LogP contribution in [-0.2, 0) is 5.41 Å². The minimum Gasteiger partial charge on any atom is -0.370 e. The molecule has 0 aliphatic carbocycles. The third kappa shape index (κ3) is 3.06. The number of hydrogen-bond acceptors (Lipinski definition) is 5. The molecule has 0 amide bonds. The Balaban J connectivity index is 3.11. The number of hydrazine groups is 1. The highest BCUT2D eigenvalue weighted by molar-refractivity contribution is 5.47. The maximum Gasteiger partial charge on any atom is 0.145 e. The van der Waals surface area contributed by atoms with Crippen LogP contribution in [0.25, 0.3) is 0 Å². The van der Waals surface area contributed by atoms with Gasteiger partial charge in [-0.1, -0.05) is 20.8 Å². The van der Waals surface area contributed by atoms with Gasteiger partial charge in [-0.3, -0.25) is 0 Å². The van der Waals surface area contributed by atoms with Gasteiger partial charge in [0.25, 0.3) is 0 Å². The van der Waals surface area contributed by atoms with Gasteiger partial charge in [-0.25, -0.2) is 15.8 Å². The van der Waals surface area contributed by atoms with E-state index in [1.165, 1.54) is 0 Å². The van der Waals surface area contributed by atoms with Crippen LogP contribution in [0.5, 0.6) is 0 Å². The number of nitrogens with zero attached hydrogens (tertiary/aromatic N) is 2. The maximum absolute atomic E-state index is 5.36. The van der Waals surface area contributed by atoms with E-state index in [0.717, 1.165) is 18.2 Å². The molecule has 5 nitrogen and oxygen atoms in total. The molecule has 0 aliphatic heterocycles. The van der Waals surface area contributed by atoms with E-state index in [1.807, 2.05) is 6.92 Å². The van der Waals surface area contributed by atoms with E-state index in [0.29, 0.717) is 5.82 Å². The molecule has 84 valence electrons. The zero-order valence-electron chi connectivity index (χ0n) is 9.76. The number of aromatic nitrogens is 2. The van der Waals surface area contributed by atoms with Crippen LogP contribution in [0, 0.1) is 0 Å². The van der Waals surface area contributed by atoms with Gasteiger partial charge >= 0.3 is 0 Å². The molecule has 15 heavy (non-hydrogen) atoms. The quantitative estimate of drug-likeness (QED) is 0.519. The lowest BCUT2D eigenvalue weighted by molar-refractivity contribution is 0.546. The van der Waals surface area contributed by atoms with Crippen molar-refractivity contribution >= 4 is 11.6 Å². The molecule has 0 aromatic carbocycles. The van der Waals surface area contributed by atoms with Crippen molar-refractivity contribution in [3.63, 3.8) is 0 Å². The Morgan fingerprint density at radius 2 is 1.87 bits per heavy atom. The normalized spacial score (nSPS) is 11.3. The van der Waals surface area contributed by atoms with Crippen molar-refractivity contribution in [2.75, 3.05) is 17.3 Å². The number of nitrogen functional groups attached to an aromatic ring is 1. The maximum atomic E-state index is 5.36. The summed E-state index contributed by atoms with van der Waals surface area (Å²) in [7, 11) is 0. The molecule has 0 atom stereocenters. The minimum atomic E-state index is -0.0863. The lowest BCUT2D eigenvalue weighted by Gasteiger charge is -2.18. The highest BCUT2D eigenvalue weighted by atomic mass is 15.3. The van der Waals surface area contributed by atoms with E-state index < -0.39 is 0 Å². The zero-order valence-corrected chi connectivity index (χ0v) is 9.76. The van der Waals surface area contributed by atoms with Crippen molar-refractivity contribution in [3.8, 4) is 0 Å². The molecule has 0 saturated carbocycles. The molecule has 5 heteroatoms. The average Bonchev–Trinajstić information content (AvgIpc) is 2.16. The van der Waals surface area contributed by atoms with Crippen molar-refractivity contribution < 1.29 is 0 Å². The minimum absolute atomic E-state index is 0.0863. The van der Waals surface area contributed by atoms with Gasteiger partial charge in [-0.2, -0.15) is 0 Å². The van der Waals surface area contributed by atoms with Gasteiger partial charge in [0, 0.05) is 18.0 Å². The van der Waals surface area contributed by atoms with Crippen molar-refractivity contribution in [1.29, 1.82) is 0 Å². The van der Waals surface area contributed by atoms with Crippen LogP contribution in [-0.4, -0.2) is 16.5 Å². The average molecular weight is 209 g/mol. The molecular formula is C10H19N5. The highest BCUT2D eigenvalue weighted by Gasteiger charge is 2.18. The first-order valence-electron chi connectivity index (χ1n) is 5.07. The molecule has 0 spiro atoms. The summed E-state index contributed by atoms with van der Waals surface area (Å²) < 4.78 is 0. The van der Waals surface area contributed by atoms with Gasteiger partial charge < -0.3 is 10.7 Å². The first kappa shape index (κ1) is 11.7. The molecular weight excluding hydrogens is 190 g/mol. The Kier molecular flexibility index (Phi) is 3.47. The molecule has 0 radical (unpaired) electrons. The topological polar surface area (TPSA) is 75.9 Å². The van der Waals surface area contributed by atoms with Gasteiger partial charge in [-0.05, 0) is 6.92 Å². The monoisotopic (exact) mass is 209 g/mol.